The van der Waals surface area contributed by atoms with Crippen LogP contribution >= 0.6 is 11.8 Å². The highest BCUT2D eigenvalue weighted by atomic mass is 32.2. The van der Waals surface area contributed by atoms with Gasteiger partial charge in [0.25, 0.3) is 0 Å². The van der Waals surface area contributed by atoms with E-state index in [1.54, 1.807) is 11.8 Å². The fourth-order valence-corrected chi connectivity index (χ4v) is 2.70. The first-order valence-electron chi connectivity index (χ1n) is 5.76. The van der Waals surface area contributed by atoms with E-state index in [-0.39, 0.29) is 6.03 Å². The standard InChI is InChI=1S/C12H17N3OS/c13-15-8-4-7-14(12(15)16)9-10-17-11-5-2-1-3-6-11/h1-3,5-6H,4,7-10,13H2. The lowest BCUT2D eigenvalue weighted by molar-refractivity contribution is 0.133. The van der Waals surface area contributed by atoms with Crippen LogP contribution in [-0.4, -0.2) is 41.3 Å². The Balaban J connectivity index is 1.77. The molecule has 1 saturated heterocycles. The van der Waals surface area contributed by atoms with E-state index in [2.05, 4.69) is 12.1 Å². The van der Waals surface area contributed by atoms with Gasteiger partial charge in [-0.15, -0.1) is 11.8 Å². The van der Waals surface area contributed by atoms with Crippen LogP contribution in [0.2, 0.25) is 0 Å². The Morgan fingerprint density at radius 1 is 1.24 bits per heavy atom. The smallest absolute Gasteiger partial charge is 0.323 e. The average Bonchev–Trinajstić information content (AvgIpc) is 2.36. The molecule has 17 heavy (non-hydrogen) atoms. The van der Waals surface area contributed by atoms with Gasteiger partial charge in [-0.25, -0.2) is 10.6 Å². The predicted octanol–water partition coefficient (Wildman–Crippen LogP) is 1.78. The maximum Gasteiger partial charge on any atom is 0.334 e. The number of carbonyl (C=O) groups excluding carboxylic acids is 1. The first-order chi connectivity index (χ1) is 8.27. The van der Waals surface area contributed by atoms with Crippen molar-refractivity contribution in [2.75, 3.05) is 25.4 Å². The Bertz CT molecular complexity index is 371. The van der Waals surface area contributed by atoms with Gasteiger partial charge in [0, 0.05) is 30.3 Å². The molecule has 0 saturated carbocycles. The molecule has 1 aromatic rings. The summed E-state index contributed by atoms with van der Waals surface area (Å²) in [6, 6.07) is 10.2. The first kappa shape index (κ1) is 12.3. The summed E-state index contributed by atoms with van der Waals surface area (Å²) < 4.78 is 0. The molecule has 2 N–H and O–H groups in total. The van der Waals surface area contributed by atoms with Crippen LogP contribution in [-0.2, 0) is 0 Å². The number of rotatable bonds is 4. The molecule has 0 aromatic heterocycles. The van der Waals surface area contributed by atoms with Gasteiger partial charge in [0.2, 0.25) is 0 Å². The number of benzene rings is 1. The number of nitrogens with zero attached hydrogens (tertiary/aromatic N) is 2. The topological polar surface area (TPSA) is 49.6 Å². The second-order valence-electron chi connectivity index (χ2n) is 3.98. The van der Waals surface area contributed by atoms with Crippen molar-refractivity contribution >= 4 is 17.8 Å². The van der Waals surface area contributed by atoms with Crippen LogP contribution in [0.3, 0.4) is 0 Å². The van der Waals surface area contributed by atoms with Crippen LogP contribution in [0.4, 0.5) is 4.79 Å². The summed E-state index contributed by atoms with van der Waals surface area (Å²) in [5.41, 5.74) is 0. The number of hydrogen-bond donors (Lipinski definition) is 1. The highest BCUT2D eigenvalue weighted by molar-refractivity contribution is 7.99. The van der Waals surface area contributed by atoms with Gasteiger partial charge in [-0.05, 0) is 18.6 Å². The summed E-state index contributed by atoms with van der Waals surface area (Å²) in [4.78, 5) is 14.7. The van der Waals surface area contributed by atoms with E-state index in [1.165, 1.54) is 9.90 Å². The number of thioether (sulfide) groups is 1. The molecule has 5 heteroatoms. The predicted molar refractivity (Wildman–Crippen MR) is 69.6 cm³/mol. The molecule has 0 atom stereocenters. The number of carbonyl (C=O) groups is 1. The molecule has 92 valence electrons. The highest BCUT2D eigenvalue weighted by Crippen LogP contribution is 2.17. The van der Waals surface area contributed by atoms with E-state index >= 15 is 0 Å². The van der Waals surface area contributed by atoms with E-state index in [9.17, 15) is 4.79 Å². The maximum absolute atomic E-state index is 11.7. The third-order valence-corrected chi connectivity index (χ3v) is 3.71. The second-order valence-corrected chi connectivity index (χ2v) is 5.15. The van der Waals surface area contributed by atoms with Gasteiger partial charge in [0.1, 0.15) is 0 Å². The molecular weight excluding hydrogens is 234 g/mol. The van der Waals surface area contributed by atoms with E-state index < -0.39 is 0 Å². The Morgan fingerprint density at radius 3 is 2.76 bits per heavy atom. The van der Waals surface area contributed by atoms with Gasteiger partial charge in [-0.3, -0.25) is 5.01 Å². The van der Waals surface area contributed by atoms with Gasteiger partial charge in [0.15, 0.2) is 0 Å². The monoisotopic (exact) mass is 251 g/mol. The molecular formula is C12H17N3OS. The van der Waals surface area contributed by atoms with E-state index in [0.717, 1.165) is 25.3 Å². The third-order valence-electron chi connectivity index (χ3n) is 2.72. The lowest BCUT2D eigenvalue weighted by Crippen LogP contribution is -2.52. The van der Waals surface area contributed by atoms with Crippen LogP contribution in [0.1, 0.15) is 6.42 Å². The van der Waals surface area contributed by atoms with Crippen molar-refractivity contribution in [2.24, 2.45) is 5.84 Å². The SMILES string of the molecule is NN1CCCN(CCSc2ccccc2)C1=O. The van der Waals surface area contributed by atoms with Crippen molar-refractivity contribution in [1.82, 2.24) is 9.91 Å². The van der Waals surface area contributed by atoms with Crippen LogP contribution in [0, 0.1) is 0 Å². The lowest BCUT2D eigenvalue weighted by Gasteiger charge is -2.32. The molecule has 1 heterocycles. The van der Waals surface area contributed by atoms with Gasteiger partial charge in [-0.1, -0.05) is 18.2 Å². The minimum Gasteiger partial charge on any atom is -0.323 e. The first-order valence-corrected chi connectivity index (χ1v) is 6.75. The van der Waals surface area contributed by atoms with E-state index in [0.29, 0.717) is 6.54 Å². The molecule has 4 nitrogen and oxygen atoms in total. The van der Waals surface area contributed by atoms with Crippen LogP contribution in [0.5, 0.6) is 0 Å². The summed E-state index contributed by atoms with van der Waals surface area (Å²) in [5, 5.41) is 1.30. The zero-order chi connectivity index (χ0) is 12.1. The molecule has 1 aromatic carbocycles. The van der Waals surface area contributed by atoms with Crippen LogP contribution < -0.4 is 5.84 Å². The molecule has 2 rings (SSSR count). The van der Waals surface area contributed by atoms with Gasteiger partial charge >= 0.3 is 6.03 Å². The molecule has 1 aliphatic rings. The molecule has 0 aliphatic carbocycles. The van der Waals surface area contributed by atoms with Gasteiger partial charge < -0.3 is 4.90 Å². The summed E-state index contributed by atoms with van der Waals surface area (Å²) in [5.74, 6) is 6.49. The van der Waals surface area contributed by atoms with Gasteiger partial charge in [0.05, 0.1) is 0 Å². The number of amides is 2. The van der Waals surface area contributed by atoms with Crippen LogP contribution in [0.15, 0.2) is 35.2 Å². The summed E-state index contributed by atoms with van der Waals surface area (Å²) in [7, 11) is 0. The Kier molecular flexibility index (Phi) is 4.28. The molecule has 0 bridgehead atoms. The largest absolute Gasteiger partial charge is 0.334 e. The van der Waals surface area contributed by atoms with E-state index in [4.69, 9.17) is 5.84 Å². The number of hydrazine groups is 1. The normalized spacial score (nSPS) is 16.4. The number of urea groups is 1. The Morgan fingerprint density at radius 2 is 2.00 bits per heavy atom. The molecule has 0 spiro atoms. The fraction of sp³-hybridized carbons (Fsp3) is 0.417. The summed E-state index contributed by atoms with van der Waals surface area (Å²) in [6.07, 6.45) is 0.957. The Labute approximate surface area is 106 Å². The highest BCUT2D eigenvalue weighted by Gasteiger charge is 2.22. The average molecular weight is 251 g/mol. The zero-order valence-electron chi connectivity index (χ0n) is 9.71. The van der Waals surface area contributed by atoms with Crippen molar-refractivity contribution in [3.63, 3.8) is 0 Å². The lowest BCUT2D eigenvalue weighted by atomic mass is 10.3. The molecule has 1 aliphatic heterocycles. The van der Waals surface area contributed by atoms with Crippen molar-refractivity contribution in [2.45, 2.75) is 11.3 Å². The maximum atomic E-state index is 11.7. The second kappa shape index (κ2) is 5.93. The molecule has 2 amide bonds. The summed E-state index contributed by atoms with van der Waals surface area (Å²) >= 11 is 1.76. The summed E-state index contributed by atoms with van der Waals surface area (Å²) in [6.45, 7) is 2.25. The minimum absolute atomic E-state index is 0.0510. The number of hydrogen-bond acceptors (Lipinski definition) is 3. The quantitative estimate of drug-likeness (QED) is 0.504. The molecule has 0 unspecified atom stereocenters. The van der Waals surface area contributed by atoms with Crippen LogP contribution in [0.25, 0.3) is 0 Å². The zero-order valence-corrected chi connectivity index (χ0v) is 10.5. The van der Waals surface area contributed by atoms with Crippen molar-refractivity contribution < 1.29 is 4.79 Å². The third kappa shape index (κ3) is 3.38. The number of nitrogens with two attached hydrogens (primary N) is 1. The Hall–Kier alpha value is -1.20. The van der Waals surface area contributed by atoms with Crippen molar-refractivity contribution in [3.05, 3.63) is 30.3 Å². The van der Waals surface area contributed by atoms with Gasteiger partial charge in [-0.2, -0.15) is 0 Å². The fourth-order valence-electron chi connectivity index (χ4n) is 1.80. The van der Waals surface area contributed by atoms with E-state index in [1.807, 2.05) is 23.1 Å². The molecule has 0 radical (unpaired) electrons. The van der Waals surface area contributed by atoms with Crippen molar-refractivity contribution in [1.29, 1.82) is 0 Å². The minimum atomic E-state index is -0.0510. The van der Waals surface area contributed by atoms with Crippen molar-refractivity contribution in [3.8, 4) is 0 Å². The molecule has 1 fully saturated rings.